The maximum absolute atomic E-state index is 5.73. The van der Waals surface area contributed by atoms with Gasteiger partial charge in [-0.05, 0) is 85.0 Å². The Morgan fingerprint density at radius 1 is 0.857 bits per heavy atom. The van der Waals surface area contributed by atoms with Gasteiger partial charge in [-0.1, -0.05) is 6.92 Å². The first kappa shape index (κ1) is 21.1. The summed E-state index contributed by atoms with van der Waals surface area (Å²) in [4.78, 5) is 4.53. The van der Waals surface area contributed by atoms with Gasteiger partial charge in [0, 0.05) is 14.2 Å². The van der Waals surface area contributed by atoms with Crippen LogP contribution in [0.25, 0.3) is 0 Å². The maximum atomic E-state index is 5.73. The Hall–Kier alpha value is 0.0569. The fraction of sp³-hybridized carbons (Fsp3) is 1.00. The molecule has 0 radical (unpaired) electrons. The van der Waals surface area contributed by atoms with Gasteiger partial charge in [0.15, 0.2) is 0 Å². The SMILES string of the molecule is CO[Si](C)(CC(C)(CCCN(C)C)CCCN(C)C)OC. The molecule has 4 nitrogen and oxygen atoms in total. The standard InChI is InChI=1S/C16H38N2O2Si/c1-16(11-9-13-17(2)3,12-10-14-18(4)5)15-21(8,19-6)20-7/h9-15H2,1-8H3. The van der Waals surface area contributed by atoms with Gasteiger partial charge in [0.2, 0.25) is 0 Å². The minimum atomic E-state index is -2.01. The molecule has 0 aromatic rings. The van der Waals surface area contributed by atoms with E-state index >= 15 is 0 Å². The fourth-order valence-corrected chi connectivity index (χ4v) is 5.31. The average Bonchev–Trinajstić information content (AvgIpc) is 2.37. The van der Waals surface area contributed by atoms with Crippen LogP contribution in [-0.2, 0) is 8.85 Å². The van der Waals surface area contributed by atoms with Crippen LogP contribution >= 0.6 is 0 Å². The van der Waals surface area contributed by atoms with Gasteiger partial charge in [0.25, 0.3) is 0 Å². The van der Waals surface area contributed by atoms with Crippen molar-refractivity contribution in [2.45, 2.75) is 45.2 Å². The zero-order chi connectivity index (χ0) is 16.5. The highest BCUT2D eigenvalue weighted by molar-refractivity contribution is 6.66. The highest BCUT2D eigenvalue weighted by Gasteiger charge is 2.38. The number of hydrogen-bond donors (Lipinski definition) is 0. The van der Waals surface area contributed by atoms with E-state index in [2.05, 4.69) is 51.5 Å². The molecule has 0 aliphatic rings. The Morgan fingerprint density at radius 2 is 1.24 bits per heavy atom. The molecule has 0 rings (SSSR count). The zero-order valence-electron chi connectivity index (χ0n) is 15.7. The topological polar surface area (TPSA) is 24.9 Å². The third-order valence-electron chi connectivity index (χ3n) is 4.38. The van der Waals surface area contributed by atoms with Crippen molar-refractivity contribution in [2.24, 2.45) is 5.41 Å². The molecule has 0 aromatic heterocycles. The average molecular weight is 319 g/mol. The van der Waals surface area contributed by atoms with Crippen LogP contribution in [0.1, 0.15) is 32.6 Å². The van der Waals surface area contributed by atoms with Crippen LogP contribution in [0, 0.1) is 5.41 Å². The zero-order valence-corrected chi connectivity index (χ0v) is 16.7. The number of rotatable bonds is 12. The highest BCUT2D eigenvalue weighted by Crippen LogP contribution is 2.38. The Labute approximate surface area is 134 Å². The van der Waals surface area contributed by atoms with Crippen molar-refractivity contribution in [3.63, 3.8) is 0 Å². The van der Waals surface area contributed by atoms with Crippen LogP contribution in [0.2, 0.25) is 12.6 Å². The molecule has 0 N–H and O–H groups in total. The minimum Gasteiger partial charge on any atom is -0.398 e. The Kier molecular flexibility index (Phi) is 9.98. The van der Waals surface area contributed by atoms with Crippen molar-refractivity contribution in [1.29, 1.82) is 0 Å². The van der Waals surface area contributed by atoms with Crippen LogP contribution in [-0.4, -0.2) is 73.9 Å². The van der Waals surface area contributed by atoms with Gasteiger partial charge in [-0.15, -0.1) is 0 Å². The summed E-state index contributed by atoms with van der Waals surface area (Å²) in [5.74, 6) is 0. The molecule has 0 unspecified atom stereocenters. The van der Waals surface area contributed by atoms with Crippen molar-refractivity contribution in [3.8, 4) is 0 Å². The predicted molar refractivity (Wildman–Crippen MR) is 94.1 cm³/mol. The first-order valence-corrected chi connectivity index (χ1v) is 10.6. The molecule has 0 aliphatic heterocycles. The second kappa shape index (κ2) is 9.95. The van der Waals surface area contributed by atoms with Crippen molar-refractivity contribution >= 4 is 8.56 Å². The van der Waals surface area contributed by atoms with E-state index in [0.29, 0.717) is 5.41 Å². The Balaban J connectivity index is 4.64. The van der Waals surface area contributed by atoms with Crippen molar-refractivity contribution in [1.82, 2.24) is 9.80 Å². The summed E-state index contributed by atoms with van der Waals surface area (Å²) in [6, 6.07) is 1.08. The molecule has 5 heteroatoms. The predicted octanol–water partition coefficient (Wildman–Crippen LogP) is 3.04. The molecule has 0 aliphatic carbocycles. The molecule has 0 saturated carbocycles. The lowest BCUT2D eigenvalue weighted by Gasteiger charge is -2.36. The van der Waals surface area contributed by atoms with E-state index in [1.165, 1.54) is 25.7 Å². The minimum absolute atomic E-state index is 0.318. The van der Waals surface area contributed by atoms with E-state index in [4.69, 9.17) is 8.85 Å². The van der Waals surface area contributed by atoms with Gasteiger partial charge >= 0.3 is 8.56 Å². The van der Waals surface area contributed by atoms with E-state index in [0.717, 1.165) is 19.1 Å². The van der Waals surface area contributed by atoms with Crippen molar-refractivity contribution in [3.05, 3.63) is 0 Å². The van der Waals surface area contributed by atoms with Gasteiger partial charge in [-0.3, -0.25) is 0 Å². The summed E-state index contributed by atoms with van der Waals surface area (Å²) in [7, 11) is 10.2. The lowest BCUT2D eigenvalue weighted by Crippen LogP contribution is -2.42. The summed E-state index contributed by atoms with van der Waals surface area (Å²) < 4.78 is 11.5. The second-order valence-electron chi connectivity index (χ2n) is 7.34. The number of nitrogens with zero attached hydrogens (tertiary/aromatic N) is 2. The molecule has 21 heavy (non-hydrogen) atoms. The monoisotopic (exact) mass is 318 g/mol. The summed E-state index contributed by atoms with van der Waals surface area (Å²) in [5.41, 5.74) is 0.318. The van der Waals surface area contributed by atoms with E-state index in [9.17, 15) is 0 Å². The third-order valence-corrected chi connectivity index (χ3v) is 7.61. The first-order chi connectivity index (χ1) is 9.66. The quantitative estimate of drug-likeness (QED) is 0.516. The first-order valence-electron chi connectivity index (χ1n) is 8.06. The molecule has 0 heterocycles. The van der Waals surface area contributed by atoms with Gasteiger partial charge in [0.1, 0.15) is 0 Å². The van der Waals surface area contributed by atoms with Crippen molar-refractivity contribution < 1.29 is 8.85 Å². The molecule has 0 saturated heterocycles. The van der Waals surface area contributed by atoms with Gasteiger partial charge in [-0.25, -0.2) is 0 Å². The smallest absolute Gasteiger partial charge is 0.334 e. The van der Waals surface area contributed by atoms with Crippen LogP contribution in [0.3, 0.4) is 0 Å². The Morgan fingerprint density at radius 3 is 1.52 bits per heavy atom. The van der Waals surface area contributed by atoms with Crippen LogP contribution in [0.15, 0.2) is 0 Å². The third kappa shape index (κ3) is 9.63. The van der Waals surface area contributed by atoms with E-state index in [-0.39, 0.29) is 0 Å². The van der Waals surface area contributed by atoms with Crippen LogP contribution in [0.5, 0.6) is 0 Å². The molecular weight excluding hydrogens is 280 g/mol. The van der Waals surface area contributed by atoms with E-state index in [1.807, 2.05) is 0 Å². The number of hydrogen-bond acceptors (Lipinski definition) is 4. The Bertz CT molecular complexity index is 255. The van der Waals surface area contributed by atoms with E-state index in [1.54, 1.807) is 14.2 Å². The molecule has 0 aromatic carbocycles. The fourth-order valence-electron chi connectivity index (χ4n) is 2.95. The summed E-state index contributed by atoms with van der Waals surface area (Å²) in [6.07, 6.45) is 4.97. The summed E-state index contributed by atoms with van der Waals surface area (Å²) >= 11 is 0. The van der Waals surface area contributed by atoms with E-state index < -0.39 is 8.56 Å². The molecule has 128 valence electrons. The van der Waals surface area contributed by atoms with Crippen molar-refractivity contribution in [2.75, 3.05) is 55.5 Å². The molecular formula is C16H38N2O2Si. The molecule has 0 atom stereocenters. The van der Waals surface area contributed by atoms with Gasteiger partial charge < -0.3 is 18.7 Å². The molecule has 0 spiro atoms. The van der Waals surface area contributed by atoms with Gasteiger partial charge in [0.05, 0.1) is 0 Å². The maximum Gasteiger partial charge on any atom is 0.334 e. The lowest BCUT2D eigenvalue weighted by atomic mass is 9.82. The molecule has 0 amide bonds. The van der Waals surface area contributed by atoms with Crippen LogP contribution < -0.4 is 0 Å². The summed E-state index contributed by atoms with van der Waals surface area (Å²) in [5, 5.41) is 0. The normalized spacial score (nSPS) is 13.4. The molecule has 0 bridgehead atoms. The second-order valence-corrected chi connectivity index (χ2v) is 10.8. The highest BCUT2D eigenvalue weighted by atomic mass is 28.4. The van der Waals surface area contributed by atoms with Gasteiger partial charge in [-0.2, -0.15) is 0 Å². The lowest BCUT2D eigenvalue weighted by molar-refractivity contribution is 0.197. The van der Waals surface area contributed by atoms with Crippen LogP contribution in [0.4, 0.5) is 0 Å². The summed E-state index contributed by atoms with van der Waals surface area (Å²) in [6.45, 7) is 6.91. The molecule has 0 fully saturated rings. The largest absolute Gasteiger partial charge is 0.398 e.